The van der Waals surface area contributed by atoms with Crippen molar-refractivity contribution in [2.75, 3.05) is 11.9 Å². The van der Waals surface area contributed by atoms with Gasteiger partial charge in [0, 0.05) is 48.0 Å². The second-order valence-corrected chi connectivity index (χ2v) is 8.36. The lowest BCUT2D eigenvalue weighted by Gasteiger charge is -2.29. The predicted octanol–water partition coefficient (Wildman–Crippen LogP) is 5.64. The normalized spacial score (nSPS) is 18.1. The number of rotatable bonds is 2. The van der Waals surface area contributed by atoms with Gasteiger partial charge in [0.05, 0.1) is 0 Å². The predicted molar refractivity (Wildman–Crippen MR) is 127 cm³/mol. The molecule has 0 saturated carbocycles. The highest BCUT2D eigenvalue weighted by atomic mass is 16.2. The number of carbonyl (C=O) groups excluding carboxylic acids is 1. The Labute approximate surface area is 181 Å². The van der Waals surface area contributed by atoms with Gasteiger partial charge in [-0.25, -0.2) is 0 Å². The summed E-state index contributed by atoms with van der Waals surface area (Å²) in [6, 6.07) is 31.3. The van der Waals surface area contributed by atoms with E-state index in [9.17, 15) is 4.79 Å². The van der Waals surface area contributed by atoms with E-state index in [1.54, 1.807) is 0 Å². The highest BCUT2D eigenvalue weighted by Gasteiger charge is 2.53. The van der Waals surface area contributed by atoms with Crippen molar-refractivity contribution in [2.24, 2.45) is 7.05 Å². The van der Waals surface area contributed by atoms with Crippen LogP contribution in [0.25, 0.3) is 21.7 Å². The van der Waals surface area contributed by atoms with Crippen LogP contribution in [0.1, 0.15) is 16.7 Å². The lowest BCUT2D eigenvalue weighted by atomic mass is 9.70. The number of carbonyl (C=O) groups is 1. The molecule has 1 unspecified atom stereocenters. The molecule has 0 saturated heterocycles. The van der Waals surface area contributed by atoms with E-state index in [1.807, 2.05) is 48.3 Å². The average molecular weight is 402 g/mol. The van der Waals surface area contributed by atoms with Crippen LogP contribution in [-0.2, 0) is 17.3 Å². The number of hydrogen-bond acceptors (Lipinski definition) is 1. The van der Waals surface area contributed by atoms with E-state index < -0.39 is 5.41 Å². The molecule has 31 heavy (non-hydrogen) atoms. The molecular formula is C28H22N2O. The van der Waals surface area contributed by atoms with Crippen molar-refractivity contribution in [1.29, 1.82) is 0 Å². The van der Waals surface area contributed by atoms with Crippen LogP contribution in [0.4, 0.5) is 5.69 Å². The minimum Gasteiger partial charge on any atom is -0.350 e. The summed E-state index contributed by atoms with van der Waals surface area (Å²) < 4.78 is 2.13. The summed E-state index contributed by atoms with van der Waals surface area (Å²) in [5.74, 6) is 0.0836. The van der Waals surface area contributed by atoms with Crippen LogP contribution in [0.3, 0.4) is 0 Å². The van der Waals surface area contributed by atoms with E-state index in [1.165, 1.54) is 5.39 Å². The lowest BCUT2D eigenvalue weighted by Crippen LogP contribution is -2.40. The molecule has 2 heterocycles. The highest BCUT2D eigenvalue weighted by Crippen LogP contribution is 2.52. The van der Waals surface area contributed by atoms with Crippen LogP contribution in [0.15, 0.2) is 97.2 Å². The highest BCUT2D eigenvalue weighted by molar-refractivity contribution is 6.15. The molecule has 0 aliphatic carbocycles. The summed E-state index contributed by atoms with van der Waals surface area (Å²) in [5, 5.41) is 3.42. The molecule has 0 bridgehead atoms. The van der Waals surface area contributed by atoms with E-state index in [0.717, 1.165) is 38.7 Å². The monoisotopic (exact) mass is 402 g/mol. The topological polar surface area (TPSA) is 25.2 Å². The van der Waals surface area contributed by atoms with Gasteiger partial charge in [-0.15, -0.1) is 0 Å². The first-order valence-electron chi connectivity index (χ1n) is 10.5. The molecule has 4 aromatic carbocycles. The van der Waals surface area contributed by atoms with E-state index in [0.29, 0.717) is 0 Å². The van der Waals surface area contributed by atoms with E-state index >= 15 is 0 Å². The van der Waals surface area contributed by atoms with Gasteiger partial charge in [-0.3, -0.25) is 4.79 Å². The fourth-order valence-corrected chi connectivity index (χ4v) is 5.32. The summed E-state index contributed by atoms with van der Waals surface area (Å²) in [4.78, 5) is 16.0. The fraction of sp³-hybridized carbons (Fsp3) is 0.107. The zero-order valence-electron chi connectivity index (χ0n) is 17.5. The fourth-order valence-electron chi connectivity index (χ4n) is 5.32. The number of likely N-dealkylation sites (N-methyl/N-ethyl adjacent to an activating group) is 1. The van der Waals surface area contributed by atoms with Crippen molar-refractivity contribution in [2.45, 2.75) is 5.41 Å². The summed E-state index contributed by atoms with van der Waals surface area (Å²) in [6.45, 7) is 0. The molecule has 3 nitrogen and oxygen atoms in total. The minimum absolute atomic E-state index is 0.0836. The van der Waals surface area contributed by atoms with Crippen LogP contribution in [-0.4, -0.2) is 17.5 Å². The number of aromatic nitrogens is 1. The SMILES string of the molecule is CN1C(=O)C(c2ccc3ccccc3c2)(c2cn(C)c3ccccc23)c2ccccc21. The van der Waals surface area contributed by atoms with Crippen molar-refractivity contribution in [3.63, 3.8) is 0 Å². The molecule has 150 valence electrons. The second-order valence-electron chi connectivity index (χ2n) is 8.36. The van der Waals surface area contributed by atoms with Crippen molar-refractivity contribution >= 4 is 33.3 Å². The van der Waals surface area contributed by atoms with Crippen LogP contribution in [0.5, 0.6) is 0 Å². The molecule has 1 aliphatic rings. The van der Waals surface area contributed by atoms with Gasteiger partial charge in [-0.05, 0) is 34.5 Å². The Morgan fingerprint density at radius 3 is 2.29 bits per heavy atom. The number of para-hydroxylation sites is 2. The maximum Gasteiger partial charge on any atom is 0.246 e. The number of nitrogens with zero attached hydrogens (tertiary/aromatic N) is 2. The third-order valence-electron chi connectivity index (χ3n) is 6.78. The quantitative estimate of drug-likeness (QED) is 0.375. The largest absolute Gasteiger partial charge is 0.350 e. The van der Waals surface area contributed by atoms with Gasteiger partial charge in [0.15, 0.2) is 0 Å². The van der Waals surface area contributed by atoms with E-state index in [4.69, 9.17) is 0 Å². The molecule has 1 atom stereocenters. The average Bonchev–Trinajstić information content (AvgIpc) is 3.26. The van der Waals surface area contributed by atoms with Gasteiger partial charge < -0.3 is 9.47 Å². The maximum absolute atomic E-state index is 14.2. The lowest BCUT2D eigenvalue weighted by molar-refractivity contribution is -0.120. The molecule has 1 aliphatic heterocycles. The Hall–Kier alpha value is -3.85. The summed E-state index contributed by atoms with van der Waals surface area (Å²) in [5.41, 5.74) is 4.27. The van der Waals surface area contributed by atoms with Crippen molar-refractivity contribution in [3.8, 4) is 0 Å². The Kier molecular flexibility index (Phi) is 3.66. The van der Waals surface area contributed by atoms with Gasteiger partial charge in [-0.2, -0.15) is 0 Å². The molecule has 1 aromatic heterocycles. The molecular weight excluding hydrogens is 380 g/mol. The molecule has 3 heteroatoms. The third-order valence-corrected chi connectivity index (χ3v) is 6.78. The van der Waals surface area contributed by atoms with Crippen LogP contribution in [0, 0.1) is 0 Å². The number of hydrogen-bond donors (Lipinski definition) is 0. The Balaban J connectivity index is 1.78. The Morgan fingerprint density at radius 1 is 0.710 bits per heavy atom. The molecule has 1 amide bonds. The number of aryl methyl sites for hydroxylation is 1. The first-order chi connectivity index (χ1) is 15.1. The van der Waals surface area contributed by atoms with E-state index in [2.05, 4.69) is 72.4 Å². The van der Waals surface area contributed by atoms with Gasteiger partial charge in [0.25, 0.3) is 0 Å². The first kappa shape index (κ1) is 18.0. The Bertz CT molecular complexity index is 1500. The van der Waals surface area contributed by atoms with Gasteiger partial charge >= 0.3 is 0 Å². The van der Waals surface area contributed by atoms with Gasteiger partial charge in [0.2, 0.25) is 5.91 Å². The van der Waals surface area contributed by atoms with Crippen molar-refractivity contribution < 1.29 is 4.79 Å². The van der Waals surface area contributed by atoms with Crippen LogP contribution in [0.2, 0.25) is 0 Å². The maximum atomic E-state index is 14.2. The van der Waals surface area contributed by atoms with Gasteiger partial charge in [-0.1, -0.05) is 72.8 Å². The van der Waals surface area contributed by atoms with Gasteiger partial charge in [0.1, 0.15) is 5.41 Å². The minimum atomic E-state index is -0.893. The van der Waals surface area contributed by atoms with Crippen molar-refractivity contribution in [1.82, 2.24) is 4.57 Å². The second kappa shape index (κ2) is 6.32. The Morgan fingerprint density at radius 2 is 1.42 bits per heavy atom. The molecule has 0 N–H and O–H groups in total. The van der Waals surface area contributed by atoms with Crippen LogP contribution >= 0.6 is 0 Å². The summed E-state index contributed by atoms with van der Waals surface area (Å²) >= 11 is 0. The molecule has 0 radical (unpaired) electrons. The zero-order valence-corrected chi connectivity index (χ0v) is 17.5. The molecule has 0 spiro atoms. The number of benzene rings is 4. The molecule has 0 fully saturated rings. The summed E-state index contributed by atoms with van der Waals surface area (Å²) in [6.07, 6.45) is 2.13. The molecule has 5 aromatic rings. The van der Waals surface area contributed by atoms with Crippen LogP contribution < -0.4 is 4.90 Å². The van der Waals surface area contributed by atoms with E-state index in [-0.39, 0.29) is 5.91 Å². The number of anilines is 1. The number of fused-ring (bicyclic) bond motifs is 3. The number of amides is 1. The zero-order chi connectivity index (χ0) is 21.2. The van der Waals surface area contributed by atoms with Crippen molar-refractivity contribution in [3.05, 3.63) is 114 Å². The third kappa shape index (κ3) is 2.26. The summed E-state index contributed by atoms with van der Waals surface area (Å²) in [7, 11) is 3.93. The molecule has 6 rings (SSSR count). The smallest absolute Gasteiger partial charge is 0.246 e. The standard InChI is InChI=1S/C28H22N2O/c1-29-18-24(22-11-5-7-13-25(22)29)28(21-16-15-19-9-3-4-10-20(19)17-21)23-12-6-8-14-26(23)30(2)27(28)31/h3-18H,1-2H3. The first-order valence-corrected chi connectivity index (χ1v) is 10.5.